The number of hydrogen-bond acceptors (Lipinski definition) is 3. The molecular weight excluding hydrogens is 323 g/mol. The summed E-state index contributed by atoms with van der Waals surface area (Å²) in [4.78, 5) is 9.94. The molecule has 5 heteroatoms. The smallest absolute Gasteiger partial charge is 0.395 e. The molecule has 122 valence electrons. The minimum atomic E-state index is -4.25. The quantitative estimate of drug-likeness (QED) is 0.647. The Labute approximate surface area is 140 Å². The molecular formula is C19H17O4P. The first-order valence-electron chi connectivity index (χ1n) is 7.47. The Kier molecular flexibility index (Phi) is 4.70. The van der Waals surface area contributed by atoms with Crippen molar-refractivity contribution in [1.29, 1.82) is 0 Å². The van der Waals surface area contributed by atoms with Gasteiger partial charge in [-0.1, -0.05) is 60.7 Å². The number of hydrogen-bond donors (Lipinski definition) is 1. The van der Waals surface area contributed by atoms with Gasteiger partial charge in [-0.15, -0.1) is 0 Å². The van der Waals surface area contributed by atoms with Crippen LogP contribution in [0.3, 0.4) is 0 Å². The lowest BCUT2D eigenvalue weighted by Gasteiger charge is -2.15. The number of aryl methyl sites for hydroxylation is 1. The summed E-state index contributed by atoms with van der Waals surface area (Å²) in [5.41, 5.74) is 2.82. The Morgan fingerprint density at radius 1 is 0.750 bits per heavy atom. The number of rotatable bonds is 5. The summed E-state index contributed by atoms with van der Waals surface area (Å²) in [5.74, 6) is 0.596. The lowest BCUT2D eigenvalue weighted by atomic mass is 10.1. The molecule has 1 unspecified atom stereocenters. The molecule has 1 atom stereocenters. The average molecular weight is 340 g/mol. The molecule has 3 aromatic carbocycles. The van der Waals surface area contributed by atoms with Gasteiger partial charge >= 0.3 is 7.82 Å². The largest absolute Gasteiger partial charge is 0.584 e. The fraction of sp³-hybridized carbons (Fsp3) is 0.0526. The van der Waals surface area contributed by atoms with Crippen molar-refractivity contribution < 1.29 is 18.5 Å². The van der Waals surface area contributed by atoms with Gasteiger partial charge in [-0.2, -0.15) is 0 Å². The zero-order valence-electron chi connectivity index (χ0n) is 13.1. The van der Waals surface area contributed by atoms with Crippen LogP contribution in [0.15, 0.2) is 78.9 Å². The summed E-state index contributed by atoms with van der Waals surface area (Å²) in [7, 11) is -4.25. The van der Waals surface area contributed by atoms with Crippen LogP contribution in [0, 0.1) is 6.92 Å². The van der Waals surface area contributed by atoms with Crippen molar-refractivity contribution in [2.24, 2.45) is 0 Å². The monoisotopic (exact) mass is 340 g/mol. The van der Waals surface area contributed by atoms with Gasteiger partial charge in [0, 0.05) is 0 Å². The first-order chi connectivity index (χ1) is 11.5. The van der Waals surface area contributed by atoms with Crippen molar-refractivity contribution in [1.82, 2.24) is 0 Å². The van der Waals surface area contributed by atoms with Gasteiger partial charge in [0.1, 0.15) is 11.5 Å². The summed E-state index contributed by atoms with van der Waals surface area (Å²) < 4.78 is 22.5. The van der Waals surface area contributed by atoms with E-state index in [-0.39, 0.29) is 5.75 Å². The van der Waals surface area contributed by atoms with E-state index in [2.05, 4.69) is 0 Å². The molecule has 0 aromatic heterocycles. The molecule has 0 aliphatic heterocycles. The summed E-state index contributed by atoms with van der Waals surface area (Å²) in [6.45, 7) is 1.80. The van der Waals surface area contributed by atoms with Crippen molar-refractivity contribution in [2.45, 2.75) is 6.92 Å². The van der Waals surface area contributed by atoms with Gasteiger partial charge in [0.15, 0.2) is 0 Å². The lowest BCUT2D eigenvalue weighted by Crippen LogP contribution is -2.00. The predicted octanol–water partition coefficient (Wildman–Crippen LogP) is 5.22. The second-order valence-electron chi connectivity index (χ2n) is 5.31. The molecule has 0 heterocycles. The standard InChI is InChI=1S/C19H17O4P/c1-15-7-5-6-10-19(15)23-24(20,21)22-18-13-11-17(12-14-18)16-8-3-2-4-9-16/h2-14H,1H3,(H,20,21). The second kappa shape index (κ2) is 6.91. The molecule has 0 radical (unpaired) electrons. The fourth-order valence-electron chi connectivity index (χ4n) is 2.27. The highest BCUT2D eigenvalue weighted by Crippen LogP contribution is 2.45. The molecule has 0 aliphatic rings. The maximum absolute atomic E-state index is 12.2. The van der Waals surface area contributed by atoms with Crippen molar-refractivity contribution in [3.05, 3.63) is 84.4 Å². The Balaban J connectivity index is 1.73. The van der Waals surface area contributed by atoms with Gasteiger partial charge in [0.2, 0.25) is 0 Å². The van der Waals surface area contributed by atoms with Crippen LogP contribution >= 0.6 is 7.82 Å². The van der Waals surface area contributed by atoms with Crippen LogP contribution in [0.1, 0.15) is 5.56 Å². The fourth-order valence-corrected chi connectivity index (χ4v) is 3.15. The summed E-state index contributed by atoms with van der Waals surface area (Å²) in [5, 5.41) is 0. The number of benzene rings is 3. The van der Waals surface area contributed by atoms with E-state index in [1.54, 1.807) is 37.3 Å². The van der Waals surface area contributed by atoms with Gasteiger partial charge in [-0.05, 0) is 41.8 Å². The van der Waals surface area contributed by atoms with E-state index < -0.39 is 7.82 Å². The van der Waals surface area contributed by atoms with Crippen molar-refractivity contribution >= 4 is 7.82 Å². The van der Waals surface area contributed by atoms with Crippen LogP contribution in [-0.4, -0.2) is 4.89 Å². The highest BCUT2D eigenvalue weighted by atomic mass is 31.2. The van der Waals surface area contributed by atoms with E-state index in [4.69, 9.17) is 9.05 Å². The minimum Gasteiger partial charge on any atom is -0.395 e. The van der Waals surface area contributed by atoms with E-state index in [1.165, 1.54) is 0 Å². The van der Waals surface area contributed by atoms with Gasteiger partial charge in [-0.25, -0.2) is 4.57 Å². The number of phosphoric ester groups is 1. The van der Waals surface area contributed by atoms with Crippen molar-refractivity contribution in [3.63, 3.8) is 0 Å². The Morgan fingerprint density at radius 2 is 1.33 bits per heavy atom. The average Bonchev–Trinajstić information content (AvgIpc) is 2.58. The Bertz CT molecular complexity index is 860. The topological polar surface area (TPSA) is 55.8 Å². The third-order valence-electron chi connectivity index (χ3n) is 3.49. The van der Waals surface area contributed by atoms with Crippen LogP contribution in [0.4, 0.5) is 0 Å². The molecule has 24 heavy (non-hydrogen) atoms. The second-order valence-corrected chi connectivity index (χ2v) is 6.61. The van der Waals surface area contributed by atoms with E-state index in [0.717, 1.165) is 16.7 Å². The molecule has 3 aromatic rings. The van der Waals surface area contributed by atoms with Crippen molar-refractivity contribution in [2.75, 3.05) is 0 Å². The van der Waals surface area contributed by atoms with E-state index in [9.17, 15) is 9.46 Å². The van der Waals surface area contributed by atoms with Crippen LogP contribution < -0.4 is 9.05 Å². The molecule has 0 amide bonds. The number of phosphoric acid groups is 1. The van der Waals surface area contributed by atoms with E-state index in [1.807, 2.05) is 48.5 Å². The Hall–Kier alpha value is -2.55. The third-order valence-corrected chi connectivity index (χ3v) is 4.36. The first kappa shape index (κ1) is 16.3. The highest BCUT2D eigenvalue weighted by Gasteiger charge is 2.25. The maximum atomic E-state index is 12.2. The SMILES string of the molecule is Cc1ccccc1OP(=O)(O)Oc1ccc(-c2ccccc2)cc1. The number of para-hydroxylation sites is 1. The maximum Gasteiger partial charge on any atom is 0.584 e. The molecule has 0 bridgehead atoms. The summed E-state index contributed by atoms with van der Waals surface area (Å²) >= 11 is 0. The van der Waals surface area contributed by atoms with Crippen LogP contribution in [0.2, 0.25) is 0 Å². The van der Waals surface area contributed by atoms with Crippen LogP contribution in [0.25, 0.3) is 11.1 Å². The zero-order chi connectivity index (χ0) is 17.0. The molecule has 0 aliphatic carbocycles. The highest BCUT2D eigenvalue weighted by molar-refractivity contribution is 7.48. The van der Waals surface area contributed by atoms with Gasteiger partial charge in [0.25, 0.3) is 0 Å². The predicted molar refractivity (Wildman–Crippen MR) is 94.1 cm³/mol. The zero-order valence-corrected chi connectivity index (χ0v) is 14.0. The molecule has 0 saturated heterocycles. The summed E-state index contributed by atoms with van der Waals surface area (Å²) in [6.07, 6.45) is 0. The van der Waals surface area contributed by atoms with E-state index >= 15 is 0 Å². The third kappa shape index (κ3) is 4.05. The molecule has 0 fully saturated rings. The Morgan fingerprint density at radius 3 is 2.00 bits per heavy atom. The van der Waals surface area contributed by atoms with E-state index in [0.29, 0.717) is 5.75 Å². The normalized spacial score (nSPS) is 13.1. The lowest BCUT2D eigenvalue weighted by molar-refractivity contribution is 0.290. The molecule has 3 rings (SSSR count). The molecule has 4 nitrogen and oxygen atoms in total. The van der Waals surface area contributed by atoms with Gasteiger partial charge < -0.3 is 9.05 Å². The van der Waals surface area contributed by atoms with Crippen molar-refractivity contribution in [3.8, 4) is 22.6 Å². The van der Waals surface area contributed by atoms with Gasteiger partial charge in [0.05, 0.1) is 0 Å². The van der Waals surface area contributed by atoms with Gasteiger partial charge in [-0.3, -0.25) is 4.89 Å². The van der Waals surface area contributed by atoms with Crippen LogP contribution in [0.5, 0.6) is 11.5 Å². The molecule has 0 spiro atoms. The summed E-state index contributed by atoms with van der Waals surface area (Å²) in [6, 6.07) is 23.8. The molecule has 0 saturated carbocycles. The molecule has 1 N–H and O–H groups in total. The van der Waals surface area contributed by atoms with Crippen LogP contribution in [-0.2, 0) is 4.57 Å². The first-order valence-corrected chi connectivity index (χ1v) is 8.96. The minimum absolute atomic E-state index is 0.272.